The first-order chi connectivity index (χ1) is 28.5. The molecule has 9 aromatic rings. The summed E-state index contributed by atoms with van der Waals surface area (Å²) in [4.78, 5) is 2.48. The van der Waals surface area contributed by atoms with E-state index in [9.17, 15) is 0 Å². The molecule has 1 heteroatoms. The first-order valence-corrected chi connectivity index (χ1v) is 20.8. The Kier molecular flexibility index (Phi) is 9.77. The van der Waals surface area contributed by atoms with Crippen LogP contribution in [-0.4, -0.2) is 0 Å². The first kappa shape index (κ1) is 37.9. The highest BCUT2D eigenvalue weighted by Crippen LogP contribution is 2.48. The summed E-state index contributed by atoms with van der Waals surface area (Å²) in [6, 6.07) is 73.8. The van der Waals surface area contributed by atoms with E-state index in [0.29, 0.717) is 0 Å². The Balaban J connectivity index is 1.33. The van der Waals surface area contributed by atoms with Crippen LogP contribution >= 0.6 is 0 Å². The molecule has 59 heavy (non-hydrogen) atoms. The second-order valence-electron chi connectivity index (χ2n) is 17.8. The first-order valence-electron chi connectivity index (χ1n) is 20.8. The third-order valence-corrected chi connectivity index (χ3v) is 11.8. The number of anilines is 3. The molecule has 0 spiro atoms. The Morgan fingerprint density at radius 2 is 0.864 bits per heavy atom. The van der Waals surface area contributed by atoms with Crippen molar-refractivity contribution in [1.82, 2.24) is 0 Å². The molecule has 0 heterocycles. The zero-order chi connectivity index (χ0) is 40.7. The molecule has 0 aliphatic heterocycles. The summed E-state index contributed by atoms with van der Waals surface area (Å²) in [5.74, 6) is 0. The quantitative estimate of drug-likeness (QED) is 0.156. The van der Waals surface area contributed by atoms with Gasteiger partial charge in [0.1, 0.15) is 0 Å². The number of benzene rings is 9. The van der Waals surface area contributed by atoms with E-state index >= 15 is 0 Å². The lowest BCUT2D eigenvalue weighted by Gasteiger charge is -2.31. The molecule has 9 aromatic carbocycles. The molecule has 9 rings (SSSR count). The van der Waals surface area contributed by atoms with Crippen molar-refractivity contribution in [3.05, 3.63) is 211 Å². The lowest BCUT2D eigenvalue weighted by Crippen LogP contribution is -2.16. The summed E-state index contributed by atoms with van der Waals surface area (Å²) in [6.45, 7) is 13.9. The molecular formula is C58H51N. The summed E-state index contributed by atoms with van der Waals surface area (Å²) in [6.07, 6.45) is 0. The van der Waals surface area contributed by atoms with Gasteiger partial charge in [0.15, 0.2) is 0 Å². The van der Waals surface area contributed by atoms with Crippen molar-refractivity contribution < 1.29 is 0 Å². The lowest BCUT2D eigenvalue weighted by atomic mass is 9.78. The van der Waals surface area contributed by atoms with Gasteiger partial charge in [0.05, 0.1) is 11.4 Å². The van der Waals surface area contributed by atoms with Gasteiger partial charge in [0, 0.05) is 16.8 Å². The van der Waals surface area contributed by atoms with Gasteiger partial charge in [-0.15, -0.1) is 0 Å². The van der Waals surface area contributed by atoms with Crippen LogP contribution in [0.2, 0.25) is 0 Å². The highest BCUT2D eigenvalue weighted by Gasteiger charge is 2.25. The van der Waals surface area contributed by atoms with E-state index in [1.165, 1.54) is 77.2 Å². The second kappa shape index (κ2) is 15.2. The molecule has 0 radical (unpaired) electrons. The minimum absolute atomic E-state index is 0.00322. The summed E-state index contributed by atoms with van der Waals surface area (Å²) in [7, 11) is 0. The van der Waals surface area contributed by atoms with Gasteiger partial charge in [0.25, 0.3) is 0 Å². The zero-order valence-electron chi connectivity index (χ0n) is 35.0. The molecule has 0 bridgehead atoms. The van der Waals surface area contributed by atoms with Gasteiger partial charge in [0.2, 0.25) is 0 Å². The fraction of sp³-hybridized carbons (Fsp3) is 0.138. The van der Waals surface area contributed by atoms with Gasteiger partial charge in [-0.05, 0) is 101 Å². The largest absolute Gasteiger partial charge is 0.309 e. The minimum Gasteiger partial charge on any atom is -0.309 e. The van der Waals surface area contributed by atoms with Crippen LogP contribution in [0.4, 0.5) is 17.1 Å². The molecule has 0 amide bonds. The maximum atomic E-state index is 2.48. The van der Waals surface area contributed by atoms with E-state index in [2.05, 4.69) is 247 Å². The summed E-state index contributed by atoms with van der Waals surface area (Å²) < 4.78 is 0. The third kappa shape index (κ3) is 7.34. The average Bonchev–Trinajstić information content (AvgIpc) is 3.26. The van der Waals surface area contributed by atoms with Crippen molar-refractivity contribution >= 4 is 38.6 Å². The van der Waals surface area contributed by atoms with Gasteiger partial charge in [-0.1, -0.05) is 217 Å². The minimum atomic E-state index is 0.00322. The predicted molar refractivity (Wildman–Crippen MR) is 255 cm³/mol. The van der Waals surface area contributed by atoms with Crippen molar-refractivity contribution in [3.63, 3.8) is 0 Å². The molecule has 0 aromatic heterocycles. The van der Waals surface area contributed by atoms with Crippen LogP contribution in [0.5, 0.6) is 0 Å². The SMILES string of the molecule is CC(C)(C)c1cc(-c2cccc3cccc(-c4ccccc4N(c4ccccc4)c4cc(-c5cccc6ccccc56)ccc4-c4ccccc4)c23)cc(C(C)(C)C)c1. The van der Waals surface area contributed by atoms with Gasteiger partial charge >= 0.3 is 0 Å². The smallest absolute Gasteiger partial charge is 0.0546 e. The van der Waals surface area contributed by atoms with Crippen LogP contribution in [0.25, 0.3) is 66.1 Å². The van der Waals surface area contributed by atoms with Gasteiger partial charge in [-0.3, -0.25) is 0 Å². The van der Waals surface area contributed by atoms with Crippen molar-refractivity contribution in [2.75, 3.05) is 4.90 Å². The molecule has 0 atom stereocenters. The molecule has 0 aliphatic rings. The van der Waals surface area contributed by atoms with Crippen molar-refractivity contribution in [2.24, 2.45) is 0 Å². The fourth-order valence-corrected chi connectivity index (χ4v) is 8.56. The van der Waals surface area contributed by atoms with Crippen LogP contribution in [-0.2, 0) is 10.8 Å². The Hall–Kier alpha value is -6.70. The van der Waals surface area contributed by atoms with Crippen LogP contribution in [0.15, 0.2) is 200 Å². The maximum absolute atomic E-state index is 2.48. The predicted octanol–water partition coefficient (Wildman–Crippen LogP) is 16.7. The molecule has 0 saturated carbocycles. The molecule has 0 N–H and O–H groups in total. The molecule has 0 saturated heterocycles. The van der Waals surface area contributed by atoms with Crippen LogP contribution in [0, 0.1) is 0 Å². The lowest BCUT2D eigenvalue weighted by molar-refractivity contribution is 0.569. The van der Waals surface area contributed by atoms with Gasteiger partial charge in [-0.25, -0.2) is 0 Å². The van der Waals surface area contributed by atoms with Crippen molar-refractivity contribution in [3.8, 4) is 44.5 Å². The monoisotopic (exact) mass is 761 g/mol. The fourth-order valence-electron chi connectivity index (χ4n) is 8.56. The van der Waals surface area contributed by atoms with E-state index in [4.69, 9.17) is 0 Å². The number of hydrogen-bond donors (Lipinski definition) is 0. The Morgan fingerprint density at radius 3 is 1.56 bits per heavy atom. The third-order valence-electron chi connectivity index (χ3n) is 11.8. The topological polar surface area (TPSA) is 3.24 Å². The second-order valence-corrected chi connectivity index (χ2v) is 17.8. The normalized spacial score (nSPS) is 11.9. The molecule has 0 aliphatic carbocycles. The molecule has 1 nitrogen and oxygen atoms in total. The van der Waals surface area contributed by atoms with E-state index in [1.807, 2.05) is 0 Å². The molecule has 0 fully saturated rings. The van der Waals surface area contributed by atoms with Gasteiger partial charge in [-0.2, -0.15) is 0 Å². The molecular weight excluding hydrogens is 711 g/mol. The van der Waals surface area contributed by atoms with Crippen LogP contribution in [0.1, 0.15) is 52.7 Å². The number of rotatable bonds is 7. The van der Waals surface area contributed by atoms with Gasteiger partial charge < -0.3 is 4.90 Å². The summed E-state index contributed by atoms with van der Waals surface area (Å²) in [5, 5.41) is 4.96. The zero-order valence-corrected chi connectivity index (χ0v) is 35.0. The number of fused-ring (bicyclic) bond motifs is 2. The highest BCUT2D eigenvalue weighted by molar-refractivity contribution is 6.09. The number of para-hydroxylation sites is 2. The van der Waals surface area contributed by atoms with E-state index in [-0.39, 0.29) is 10.8 Å². The Morgan fingerprint density at radius 1 is 0.322 bits per heavy atom. The van der Waals surface area contributed by atoms with E-state index in [0.717, 1.165) is 17.1 Å². The molecule has 0 unspecified atom stereocenters. The number of hydrogen-bond acceptors (Lipinski definition) is 1. The van der Waals surface area contributed by atoms with Crippen LogP contribution in [0.3, 0.4) is 0 Å². The van der Waals surface area contributed by atoms with Crippen molar-refractivity contribution in [1.29, 1.82) is 0 Å². The van der Waals surface area contributed by atoms with E-state index in [1.54, 1.807) is 0 Å². The highest BCUT2D eigenvalue weighted by atomic mass is 15.1. The summed E-state index contributed by atoms with van der Waals surface area (Å²) >= 11 is 0. The standard InChI is InChI=1S/C58H51N/c1-57(2,3)45-36-44(37-46(39-45)58(4,5)6)51-31-18-24-42-25-19-32-53(56(42)51)52-29-15-16-33-54(52)59(47-26-11-8-12-27-47)55-38-43(34-35-50(55)41-20-9-7-10-21-41)49-30-17-23-40-22-13-14-28-48(40)49/h7-39H,1-6H3. The Labute approximate surface area is 350 Å². The Bertz CT molecular complexity index is 2900. The summed E-state index contributed by atoms with van der Waals surface area (Å²) in [5.41, 5.74) is 15.7. The van der Waals surface area contributed by atoms with Crippen molar-refractivity contribution in [2.45, 2.75) is 52.4 Å². The van der Waals surface area contributed by atoms with E-state index < -0.39 is 0 Å². The maximum Gasteiger partial charge on any atom is 0.0546 e. The average molecular weight is 762 g/mol. The number of nitrogens with zero attached hydrogens (tertiary/aromatic N) is 1. The van der Waals surface area contributed by atoms with Crippen LogP contribution < -0.4 is 4.90 Å². The molecule has 288 valence electrons.